The van der Waals surface area contributed by atoms with Gasteiger partial charge in [-0.25, -0.2) is 4.98 Å². The third-order valence-electron chi connectivity index (χ3n) is 4.94. The first kappa shape index (κ1) is 23.0. The number of aromatic nitrogens is 1. The van der Waals surface area contributed by atoms with E-state index < -0.39 is 36.1 Å². The van der Waals surface area contributed by atoms with Gasteiger partial charge in [0.2, 0.25) is 0 Å². The summed E-state index contributed by atoms with van der Waals surface area (Å²) in [6.07, 6.45) is -0.248. The van der Waals surface area contributed by atoms with Gasteiger partial charge in [0.05, 0.1) is 12.6 Å². The minimum absolute atomic E-state index is 0.315. The van der Waals surface area contributed by atoms with Gasteiger partial charge < -0.3 is 18.9 Å². The molecule has 0 amide bonds. The van der Waals surface area contributed by atoms with E-state index in [1.807, 2.05) is 43.3 Å². The van der Waals surface area contributed by atoms with Crippen LogP contribution in [0.3, 0.4) is 0 Å². The van der Waals surface area contributed by atoms with Crippen LogP contribution in [-0.2, 0) is 18.9 Å². The molecular formula is C20H20Br2N4O4S. The molecule has 2 saturated heterocycles. The number of rotatable bonds is 6. The van der Waals surface area contributed by atoms with Crippen molar-refractivity contribution in [3.63, 3.8) is 0 Å². The normalized spacial score (nSPS) is 30.3. The number of halogens is 2. The van der Waals surface area contributed by atoms with Crippen molar-refractivity contribution in [2.75, 3.05) is 13.2 Å². The SMILES string of the molecule is CCOC1[C@@H](Sc2cc(Br)cnc2Br)OC2COC(c3ccccc3)O[C@@H]2[C@@H]1N=[N+]=[N-]. The van der Waals surface area contributed by atoms with E-state index in [0.29, 0.717) is 17.8 Å². The van der Waals surface area contributed by atoms with Gasteiger partial charge in [-0.2, -0.15) is 0 Å². The number of hydrogen-bond acceptors (Lipinski definition) is 7. The Morgan fingerprint density at radius 1 is 1.29 bits per heavy atom. The molecule has 11 heteroatoms. The lowest BCUT2D eigenvalue weighted by Crippen LogP contribution is -2.60. The highest BCUT2D eigenvalue weighted by molar-refractivity contribution is 9.11. The Bertz CT molecular complexity index is 950. The Morgan fingerprint density at radius 2 is 2.10 bits per heavy atom. The highest BCUT2D eigenvalue weighted by atomic mass is 79.9. The molecule has 31 heavy (non-hydrogen) atoms. The van der Waals surface area contributed by atoms with Crippen LogP contribution in [-0.4, -0.2) is 48.0 Å². The van der Waals surface area contributed by atoms with Crippen molar-refractivity contribution in [1.82, 2.24) is 4.98 Å². The predicted octanol–water partition coefficient (Wildman–Crippen LogP) is 5.62. The van der Waals surface area contributed by atoms with Crippen LogP contribution in [0.15, 0.2) is 61.7 Å². The first-order valence-corrected chi connectivity index (χ1v) is 12.2. The Balaban J connectivity index is 1.61. The van der Waals surface area contributed by atoms with Crippen LogP contribution < -0.4 is 0 Å². The molecule has 2 fully saturated rings. The summed E-state index contributed by atoms with van der Waals surface area (Å²) >= 11 is 8.39. The molecule has 8 nitrogen and oxygen atoms in total. The fourth-order valence-electron chi connectivity index (χ4n) is 3.61. The number of thioether (sulfide) groups is 1. The second-order valence-electron chi connectivity index (χ2n) is 6.90. The fraction of sp³-hybridized carbons (Fsp3) is 0.450. The Labute approximate surface area is 200 Å². The standard InChI is InChI=1S/C20H20Br2N4O4S/c1-2-27-17-15(25-26-23)16-13(10-28-19(30-16)11-6-4-3-5-7-11)29-20(17)31-14-8-12(21)9-24-18(14)22/h3-9,13,15-17,19-20H,2,10H2,1H3/t13?,15-,16-,17?,19?,20+/m0/s1. The summed E-state index contributed by atoms with van der Waals surface area (Å²) in [5.74, 6) is 0. The number of fused-ring (bicyclic) bond motifs is 1. The van der Waals surface area contributed by atoms with Gasteiger partial charge >= 0.3 is 0 Å². The van der Waals surface area contributed by atoms with Gasteiger partial charge in [-0.3, -0.25) is 0 Å². The van der Waals surface area contributed by atoms with E-state index in [4.69, 9.17) is 18.9 Å². The molecule has 0 bridgehead atoms. The zero-order chi connectivity index (χ0) is 21.8. The van der Waals surface area contributed by atoms with Gasteiger partial charge in [0.1, 0.15) is 28.4 Å². The van der Waals surface area contributed by atoms with Crippen LogP contribution in [0.5, 0.6) is 0 Å². The van der Waals surface area contributed by atoms with Crippen LogP contribution in [0, 0.1) is 0 Å². The average molecular weight is 572 g/mol. The van der Waals surface area contributed by atoms with Gasteiger partial charge in [0, 0.05) is 32.6 Å². The zero-order valence-electron chi connectivity index (χ0n) is 16.5. The van der Waals surface area contributed by atoms with Gasteiger partial charge in [-0.15, -0.1) is 0 Å². The first-order valence-electron chi connectivity index (χ1n) is 9.71. The lowest BCUT2D eigenvalue weighted by Gasteiger charge is -2.48. The molecule has 1 aromatic heterocycles. The minimum Gasteiger partial charge on any atom is -0.374 e. The monoisotopic (exact) mass is 570 g/mol. The number of benzene rings is 1. The highest BCUT2D eigenvalue weighted by Gasteiger charge is 2.50. The molecule has 3 heterocycles. The van der Waals surface area contributed by atoms with E-state index in [1.54, 1.807) is 6.20 Å². The first-order chi connectivity index (χ1) is 15.1. The molecular weight excluding hydrogens is 552 g/mol. The van der Waals surface area contributed by atoms with Crippen molar-refractivity contribution < 1.29 is 18.9 Å². The largest absolute Gasteiger partial charge is 0.374 e. The molecule has 0 spiro atoms. The second kappa shape index (κ2) is 10.6. The average Bonchev–Trinajstić information content (AvgIpc) is 2.79. The Hall–Kier alpha value is -1.17. The summed E-state index contributed by atoms with van der Waals surface area (Å²) < 4.78 is 26.1. The van der Waals surface area contributed by atoms with Gasteiger partial charge in [0.25, 0.3) is 0 Å². The minimum atomic E-state index is -0.574. The number of nitrogens with zero attached hydrogens (tertiary/aromatic N) is 4. The quantitative estimate of drug-likeness (QED) is 0.193. The van der Waals surface area contributed by atoms with E-state index in [9.17, 15) is 5.53 Å². The van der Waals surface area contributed by atoms with Crippen LogP contribution in [0.1, 0.15) is 18.8 Å². The van der Waals surface area contributed by atoms with Gasteiger partial charge in [-0.1, -0.05) is 47.2 Å². The summed E-state index contributed by atoms with van der Waals surface area (Å²) in [6.45, 7) is 2.65. The van der Waals surface area contributed by atoms with Crippen LogP contribution >= 0.6 is 43.6 Å². The van der Waals surface area contributed by atoms with Crippen molar-refractivity contribution >= 4 is 43.6 Å². The smallest absolute Gasteiger partial charge is 0.184 e. The Kier molecular flexibility index (Phi) is 7.89. The molecule has 6 atom stereocenters. The van der Waals surface area contributed by atoms with Crippen molar-refractivity contribution in [2.24, 2.45) is 5.11 Å². The fourth-order valence-corrected chi connectivity index (χ4v) is 5.76. The van der Waals surface area contributed by atoms with Crippen LogP contribution in [0.2, 0.25) is 0 Å². The molecule has 0 radical (unpaired) electrons. The van der Waals surface area contributed by atoms with Crippen molar-refractivity contribution in [1.29, 1.82) is 0 Å². The number of azide groups is 1. The lowest BCUT2D eigenvalue weighted by atomic mass is 9.96. The maximum atomic E-state index is 9.28. The molecule has 2 aromatic rings. The Morgan fingerprint density at radius 3 is 2.84 bits per heavy atom. The van der Waals surface area contributed by atoms with Crippen molar-refractivity contribution in [3.8, 4) is 0 Å². The van der Waals surface area contributed by atoms with Crippen LogP contribution in [0.4, 0.5) is 0 Å². The summed E-state index contributed by atoms with van der Waals surface area (Å²) in [7, 11) is 0. The summed E-state index contributed by atoms with van der Waals surface area (Å²) in [5, 5.41) is 4.07. The van der Waals surface area contributed by atoms with Gasteiger partial charge in [-0.05, 0) is 50.4 Å². The number of hydrogen-bond donors (Lipinski definition) is 0. The van der Waals surface area contributed by atoms with E-state index in [0.717, 1.165) is 14.9 Å². The molecule has 0 N–H and O–H groups in total. The molecule has 164 valence electrons. The van der Waals surface area contributed by atoms with E-state index >= 15 is 0 Å². The molecule has 3 unspecified atom stereocenters. The number of pyridine rings is 1. The molecule has 0 aliphatic carbocycles. The molecule has 0 saturated carbocycles. The van der Waals surface area contributed by atoms with E-state index in [2.05, 4.69) is 46.9 Å². The van der Waals surface area contributed by atoms with Crippen LogP contribution in [0.25, 0.3) is 10.4 Å². The molecule has 2 aliphatic rings. The highest BCUT2D eigenvalue weighted by Crippen LogP contribution is 2.42. The van der Waals surface area contributed by atoms with E-state index in [-0.39, 0.29) is 0 Å². The summed E-state index contributed by atoms with van der Waals surface area (Å²) in [6, 6.07) is 11.0. The summed E-state index contributed by atoms with van der Waals surface area (Å²) in [5.41, 5.74) is 9.74. The summed E-state index contributed by atoms with van der Waals surface area (Å²) in [4.78, 5) is 8.28. The predicted molar refractivity (Wildman–Crippen MR) is 123 cm³/mol. The molecule has 1 aromatic carbocycles. The second-order valence-corrected chi connectivity index (χ2v) is 9.70. The third kappa shape index (κ3) is 5.26. The zero-order valence-corrected chi connectivity index (χ0v) is 20.5. The topological polar surface area (TPSA) is 98.6 Å². The third-order valence-corrected chi connectivity index (χ3v) is 7.45. The molecule has 2 aliphatic heterocycles. The maximum Gasteiger partial charge on any atom is 0.184 e. The molecule has 4 rings (SSSR count). The number of ether oxygens (including phenoxy) is 4. The maximum absolute atomic E-state index is 9.28. The van der Waals surface area contributed by atoms with Gasteiger partial charge in [0.15, 0.2) is 6.29 Å². The van der Waals surface area contributed by atoms with E-state index in [1.165, 1.54) is 11.8 Å². The van der Waals surface area contributed by atoms with Crippen molar-refractivity contribution in [3.05, 3.63) is 67.7 Å². The van der Waals surface area contributed by atoms with Crippen molar-refractivity contribution in [2.45, 2.75) is 47.9 Å². The lowest BCUT2D eigenvalue weighted by molar-refractivity contribution is -0.300.